The van der Waals surface area contributed by atoms with E-state index in [-0.39, 0.29) is 38.6 Å². The van der Waals surface area contributed by atoms with Gasteiger partial charge in [-0.1, -0.05) is 231 Å². The van der Waals surface area contributed by atoms with E-state index in [0.717, 1.165) is 32.1 Å². The molecule has 0 aliphatic carbocycles. The number of phosphoric acid groups is 1. The predicted octanol–water partition coefficient (Wildman–Crippen LogP) is 15.7. The molecule has 0 saturated carbocycles. The number of ether oxygens (including phenoxy) is 2. The Bertz CT molecular complexity index is 1010. The van der Waals surface area contributed by atoms with Gasteiger partial charge in [0.25, 0.3) is 0 Å². The minimum absolute atomic E-state index is 0.0566. The lowest BCUT2D eigenvalue weighted by Crippen LogP contribution is -2.29. The van der Waals surface area contributed by atoms with Gasteiger partial charge in [0, 0.05) is 19.4 Å². The number of rotatable bonds is 50. The fourth-order valence-corrected chi connectivity index (χ4v) is 8.52. The first-order chi connectivity index (χ1) is 29.8. The number of hydrogen-bond acceptors (Lipinski definition) is 8. The van der Waals surface area contributed by atoms with E-state index >= 15 is 0 Å². The van der Waals surface area contributed by atoms with Gasteiger partial charge in [0.1, 0.15) is 6.61 Å². The Morgan fingerprint density at radius 3 is 1.16 bits per heavy atom. The van der Waals surface area contributed by atoms with Gasteiger partial charge in [-0.15, -0.1) is 0 Å². The summed E-state index contributed by atoms with van der Waals surface area (Å²) in [6.45, 7) is 3.79. The summed E-state index contributed by atoms with van der Waals surface area (Å²) in [7, 11) is -4.38. The number of unbranched alkanes of at least 4 members (excludes halogenated alkanes) is 35. The van der Waals surface area contributed by atoms with E-state index in [1.807, 2.05) is 0 Å². The largest absolute Gasteiger partial charge is 0.472 e. The van der Waals surface area contributed by atoms with Crippen LogP contribution in [0.15, 0.2) is 12.2 Å². The summed E-state index contributed by atoms with van der Waals surface area (Å²) in [5.41, 5.74) is 5.37. The van der Waals surface area contributed by atoms with Crippen molar-refractivity contribution in [3.63, 3.8) is 0 Å². The van der Waals surface area contributed by atoms with Crippen LogP contribution in [0.5, 0.6) is 0 Å². The summed E-state index contributed by atoms with van der Waals surface area (Å²) >= 11 is 0. The average Bonchev–Trinajstić information content (AvgIpc) is 3.25. The van der Waals surface area contributed by atoms with Crippen molar-refractivity contribution in [2.75, 3.05) is 26.4 Å². The highest BCUT2D eigenvalue weighted by Crippen LogP contribution is 2.43. The molecule has 3 N–H and O–H groups in total. The summed E-state index contributed by atoms with van der Waals surface area (Å²) in [5.74, 6) is -0.812. The third kappa shape index (κ3) is 48.1. The molecular formula is C51H100NO8P. The van der Waals surface area contributed by atoms with Crippen molar-refractivity contribution >= 4 is 19.8 Å². The standard InChI is InChI=1S/C51H100NO8P/c1-3-5-7-9-11-13-15-17-19-21-22-23-24-25-26-28-30-32-34-36-38-40-42-44-51(54)60-49(48-59-61(55,56)58-46-45-52)47-57-50(53)43-41-39-37-35-33-31-29-27-20-18-16-14-12-10-8-6-4-2/h21-22,49H,3-20,23-48,52H2,1-2H3,(H,55,56)/b22-21-. The van der Waals surface area contributed by atoms with Gasteiger partial charge in [-0.3, -0.25) is 18.6 Å². The van der Waals surface area contributed by atoms with Crippen LogP contribution < -0.4 is 5.73 Å². The van der Waals surface area contributed by atoms with E-state index in [4.69, 9.17) is 24.3 Å². The third-order valence-corrected chi connectivity index (χ3v) is 12.6. The zero-order chi connectivity index (χ0) is 44.6. The van der Waals surface area contributed by atoms with Crippen LogP contribution in [0.25, 0.3) is 0 Å². The average molecular weight is 886 g/mol. The van der Waals surface area contributed by atoms with Crippen molar-refractivity contribution in [2.24, 2.45) is 5.73 Å². The zero-order valence-corrected chi connectivity index (χ0v) is 41.1. The minimum atomic E-state index is -4.38. The monoisotopic (exact) mass is 886 g/mol. The molecule has 10 heteroatoms. The Kier molecular flexibility index (Phi) is 47.2. The summed E-state index contributed by atoms with van der Waals surface area (Å²) in [6.07, 6.45) is 52.5. The number of nitrogens with two attached hydrogens (primary N) is 1. The highest BCUT2D eigenvalue weighted by Gasteiger charge is 2.26. The smallest absolute Gasteiger partial charge is 0.462 e. The second kappa shape index (κ2) is 48.2. The first-order valence-corrected chi connectivity index (χ1v) is 27.7. The molecule has 0 aromatic heterocycles. The number of allylic oxidation sites excluding steroid dienone is 2. The molecule has 0 amide bonds. The van der Waals surface area contributed by atoms with Gasteiger partial charge in [-0.05, 0) is 38.5 Å². The second-order valence-electron chi connectivity index (χ2n) is 17.8. The summed E-state index contributed by atoms with van der Waals surface area (Å²) in [5, 5.41) is 0. The van der Waals surface area contributed by atoms with E-state index in [0.29, 0.717) is 6.42 Å². The topological polar surface area (TPSA) is 134 Å². The maximum atomic E-state index is 12.7. The Labute approximate surface area is 377 Å². The molecule has 362 valence electrons. The summed E-state index contributed by atoms with van der Waals surface area (Å²) < 4.78 is 32.9. The summed E-state index contributed by atoms with van der Waals surface area (Å²) in [4.78, 5) is 35.1. The van der Waals surface area contributed by atoms with E-state index in [9.17, 15) is 19.0 Å². The van der Waals surface area contributed by atoms with Crippen molar-refractivity contribution in [1.82, 2.24) is 0 Å². The Morgan fingerprint density at radius 1 is 0.475 bits per heavy atom. The van der Waals surface area contributed by atoms with Crippen LogP contribution in [0.1, 0.15) is 271 Å². The van der Waals surface area contributed by atoms with Crippen molar-refractivity contribution in [1.29, 1.82) is 0 Å². The SMILES string of the molecule is CCCCCCCCCC/C=C\CCCCCCCCCCCCCC(=O)OC(COC(=O)CCCCCCCCCCCCCCCCCCC)COP(=O)(O)OCCN. The van der Waals surface area contributed by atoms with E-state index in [1.165, 1.54) is 205 Å². The lowest BCUT2D eigenvalue weighted by atomic mass is 10.0. The molecule has 0 heterocycles. The van der Waals surface area contributed by atoms with Gasteiger partial charge in [0.15, 0.2) is 6.10 Å². The first-order valence-electron chi connectivity index (χ1n) is 26.2. The molecule has 2 unspecified atom stereocenters. The van der Waals surface area contributed by atoms with Crippen LogP contribution in [-0.4, -0.2) is 49.3 Å². The molecule has 0 radical (unpaired) electrons. The Morgan fingerprint density at radius 2 is 0.803 bits per heavy atom. The molecule has 0 bridgehead atoms. The number of carbonyl (C=O) groups is 2. The van der Waals surface area contributed by atoms with Crippen molar-refractivity contribution in [2.45, 2.75) is 277 Å². The minimum Gasteiger partial charge on any atom is -0.462 e. The van der Waals surface area contributed by atoms with Gasteiger partial charge >= 0.3 is 19.8 Å². The number of phosphoric ester groups is 1. The zero-order valence-electron chi connectivity index (χ0n) is 40.2. The molecule has 0 aliphatic rings. The van der Waals surface area contributed by atoms with E-state index in [1.54, 1.807) is 0 Å². The van der Waals surface area contributed by atoms with Crippen molar-refractivity contribution < 1.29 is 37.6 Å². The number of carbonyl (C=O) groups excluding carboxylic acids is 2. The molecular weight excluding hydrogens is 786 g/mol. The number of esters is 2. The van der Waals surface area contributed by atoms with Crippen LogP contribution >= 0.6 is 7.82 Å². The van der Waals surface area contributed by atoms with Crippen LogP contribution in [0.3, 0.4) is 0 Å². The van der Waals surface area contributed by atoms with Crippen molar-refractivity contribution in [3.05, 3.63) is 12.2 Å². The maximum Gasteiger partial charge on any atom is 0.472 e. The Balaban J connectivity index is 3.99. The molecule has 0 spiro atoms. The molecule has 2 atom stereocenters. The lowest BCUT2D eigenvalue weighted by Gasteiger charge is -2.19. The third-order valence-electron chi connectivity index (χ3n) is 11.7. The van der Waals surface area contributed by atoms with Crippen LogP contribution in [0.2, 0.25) is 0 Å². The molecule has 0 aromatic carbocycles. The first kappa shape index (κ1) is 59.8. The number of hydrogen-bond donors (Lipinski definition) is 2. The molecule has 0 aromatic rings. The molecule has 0 aliphatic heterocycles. The van der Waals surface area contributed by atoms with Crippen LogP contribution in [0, 0.1) is 0 Å². The Hall–Kier alpha value is -1.25. The van der Waals surface area contributed by atoms with Gasteiger partial charge in [-0.25, -0.2) is 4.57 Å². The van der Waals surface area contributed by atoms with E-state index in [2.05, 4.69) is 26.0 Å². The normalized spacial score (nSPS) is 13.2. The van der Waals surface area contributed by atoms with Crippen LogP contribution in [0.4, 0.5) is 0 Å². The van der Waals surface area contributed by atoms with E-state index < -0.39 is 26.5 Å². The predicted molar refractivity (Wildman–Crippen MR) is 257 cm³/mol. The lowest BCUT2D eigenvalue weighted by molar-refractivity contribution is -0.161. The fourth-order valence-electron chi connectivity index (χ4n) is 7.75. The molecule has 0 saturated heterocycles. The van der Waals surface area contributed by atoms with Gasteiger partial charge in [0.2, 0.25) is 0 Å². The van der Waals surface area contributed by atoms with Gasteiger partial charge < -0.3 is 20.1 Å². The summed E-state index contributed by atoms with van der Waals surface area (Å²) in [6, 6.07) is 0. The quantitative estimate of drug-likeness (QED) is 0.0265. The van der Waals surface area contributed by atoms with Crippen molar-refractivity contribution in [3.8, 4) is 0 Å². The van der Waals surface area contributed by atoms with Gasteiger partial charge in [0.05, 0.1) is 13.2 Å². The van der Waals surface area contributed by atoms with Crippen LogP contribution in [-0.2, 0) is 32.7 Å². The second-order valence-corrected chi connectivity index (χ2v) is 19.2. The molecule has 9 nitrogen and oxygen atoms in total. The highest BCUT2D eigenvalue weighted by atomic mass is 31.2. The van der Waals surface area contributed by atoms with Gasteiger partial charge in [-0.2, -0.15) is 0 Å². The fraction of sp³-hybridized carbons (Fsp3) is 0.922. The molecule has 61 heavy (non-hydrogen) atoms. The highest BCUT2D eigenvalue weighted by molar-refractivity contribution is 7.47. The maximum absolute atomic E-state index is 12.7. The molecule has 0 rings (SSSR count). The molecule has 0 fully saturated rings.